The van der Waals surface area contributed by atoms with E-state index in [9.17, 15) is 0 Å². The van der Waals surface area contributed by atoms with E-state index in [1.165, 1.54) is 38.2 Å². The largest absolute Gasteiger partial charge is 0.391 e. The molecule has 1 fully saturated rings. The molecular formula is C11H21N3O. The molecule has 0 aromatic rings. The van der Waals surface area contributed by atoms with Gasteiger partial charge in [-0.2, -0.15) is 0 Å². The van der Waals surface area contributed by atoms with Gasteiger partial charge in [0, 0.05) is 18.9 Å². The van der Waals surface area contributed by atoms with Crippen LogP contribution in [0.15, 0.2) is 5.16 Å². The Morgan fingerprint density at radius 1 is 1.47 bits per heavy atom. The lowest BCUT2D eigenvalue weighted by molar-refractivity contribution is 0.0917. The van der Waals surface area contributed by atoms with E-state index in [-0.39, 0.29) is 6.10 Å². The van der Waals surface area contributed by atoms with Crippen molar-refractivity contribution in [3.05, 3.63) is 0 Å². The number of nitrogens with zero attached hydrogens (tertiary/aromatic N) is 2. The summed E-state index contributed by atoms with van der Waals surface area (Å²) in [5.41, 5.74) is 6.81. The van der Waals surface area contributed by atoms with Crippen molar-refractivity contribution in [1.82, 2.24) is 4.90 Å². The molecule has 0 aromatic heterocycles. The molecule has 2 N–H and O–H groups in total. The first-order chi connectivity index (χ1) is 7.33. The molecule has 0 radical (unpaired) electrons. The number of oxime groups is 1. The van der Waals surface area contributed by atoms with Gasteiger partial charge >= 0.3 is 0 Å². The molecule has 0 spiro atoms. The van der Waals surface area contributed by atoms with Gasteiger partial charge in [0.05, 0.1) is 5.71 Å². The van der Waals surface area contributed by atoms with Crippen molar-refractivity contribution < 1.29 is 4.84 Å². The van der Waals surface area contributed by atoms with E-state index in [0.717, 1.165) is 6.42 Å². The molecule has 1 atom stereocenters. The topological polar surface area (TPSA) is 50.8 Å². The van der Waals surface area contributed by atoms with Gasteiger partial charge in [-0.15, -0.1) is 0 Å². The molecule has 1 unspecified atom stereocenters. The van der Waals surface area contributed by atoms with E-state index in [4.69, 9.17) is 10.6 Å². The summed E-state index contributed by atoms with van der Waals surface area (Å²) in [6.45, 7) is 6.38. The van der Waals surface area contributed by atoms with Crippen LogP contribution < -0.4 is 5.73 Å². The van der Waals surface area contributed by atoms with Crippen molar-refractivity contribution in [2.24, 2.45) is 16.8 Å². The first-order valence-electron chi connectivity index (χ1n) is 5.98. The molecule has 86 valence electrons. The van der Waals surface area contributed by atoms with Crippen LogP contribution in [0.4, 0.5) is 0 Å². The third-order valence-electron chi connectivity index (χ3n) is 3.52. The molecule has 4 nitrogen and oxygen atoms in total. The molecule has 2 aliphatic rings. The van der Waals surface area contributed by atoms with Crippen molar-refractivity contribution in [3.8, 4) is 0 Å². The van der Waals surface area contributed by atoms with Crippen LogP contribution in [0.25, 0.3) is 0 Å². The summed E-state index contributed by atoms with van der Waals surface area (Å²) in [6, 6.07) is 0. The second-order valence-corrected chi connectivity index (χ2v) is 4.46. The van der Waals surface area contributed by atoms with Gasteiger partial charge in [-0.3, -0.25) is 0 Å². The van der Waals surface area contributed by atoms with Crippen LogP contribution in [-0.4, -0.2) is 42.9 Å². The standard InChI is InChI=1S/C11H21N3O/c1-2-14-5-3-9(4-6-14)11-7-10(8-12)15-13-11/h9-10H,2-8,12H2,1H3. The molecule has 0 aromatic carbocycles. The predicted molar refractivity (Wildman–Crippen MR) is 60.8 cm³/mol. The van der Waals surface area contributed by atoms with Crippen molar-refractivity contribution in [2.75, 3.05) is 26.2 Å². The van der Waals surface area contributed by atoms with Crippen LogP contribution >= 0.6 is 0 Å². The van der Waals surface area contributed by atoms with Gasteiger partial charge in [0.2, 0.25) is 0 Å². The zero-order chi connectivity index (χ0) is 10.7. The Hall–Kier alpha value is -0.610. The highest BCUT2D eigenvalue weighted by atomic mass is 16.6. The normalized spacial score (nSPS) is 28.9. The minimum absolute atomic E-state index is 0.143. The van der Waals surface area contributed by atoms with Crippen molar-refractivity contribution >= 4 is 5.71 Å². The van der Waals surface area contributed by atoms with Crippen LogP contribution in [-0.2, 0) is 4.84 Å². The number of nitrogens with two attached hydrogens (primary N) is 1. The molecule has 2 rings (SSSR count). The highest BCUT2D eigenvalue weighted by Crippen LogP contribution is 2.24. The Balaban J connectivity index is 1.81. The predicted octanol–water partition coefficient (Wildman–Crippen LogP) is 0.822. The van der Waals surface area contributed by atoms with Gasteiger partial charge in [0.25, 0.3) is 0 Å². The monoisotopic (exact) mass is 211 g/mol. The summed E-state index contributed by atoms with van der Waals surface area (Å²) in [6.07, 6.45) is 3.55. The van der Waals surface area contributed by atoms with Gasteiger partial charge in [-0.25, -0.2) is 0 Å². The first-order valence-corrected chi connectivity index (χ1v) is 5.98. The average Bonchev–Trinajstić information content (AvgIpc) is 2.78. The number of likely N-dealkylation sites (tertiary alicyclic amines) is 1. The van der Waals surface area contributed by atoms with Crippen LogP contribution in [0, 0.1) is 5.92 Å². The fourth-order valence-corrected chi connectivity index (χ4v) is 2.40. The highest BCUT2D eigenvalue weighted by Gasteiger charge is 2.28. The molecule has 0 bridgehead atoms. The molecule has 4 heteroatoms. The van der Waals surface area contributed by atoms with Gasteiger partial charge in [-0.1, -0.05) is 12.1 Å². The number of hydrogen-bond acceptors (Lipinski definition) is 4. The number of hydrogen-bond donors (Lipinski definition) is 1. The molecule has 15 heavy (non-hydrogen) atoms. The van der Waals surface area contributed by atoms with Crippen LogP contribution in [0.5, 0.6) is 0 Å². The molecular weight excluding hydrogens is 190 g/mol. The fourth-order valence-electron chi connectivity index (χ4n) is 2.40. The summed E-state index contributed by atoms with van der Waals surface area (Å²) < 4.78 is 0. The summed E-state index contributed by atoms with van der Waals surface area (Å²) in [7, 11) is 0. The maximum Gasteiger partial charge on any atom is 0.145 e. The first kappa shape index (κ1) is 10.9. The minimum Gasteiger partial charge on any atom is -0.391 e. The van der Waals surface area contributed by atoms with E-state index in [0.29, 0.717) is 12.5 Å². The highest BCUT2D eigenvalue weighted by molar-refractivity contribution is 5.87. The molecule has 2 aliphatic heterocycles. The van der Waals surface area contributed by atoms with E-state index < -0.39 is 0 Å². The third-order valence-corrected chi connectivity index (χ3v) is 3.52. The van der Waals surface area contributed by atoms with E-state index in [1.807, 2.05) is 0 Å². The van der Waals surface area contributed by atoms with Gasteiger partial charge in [0.1, 0.15) is 6.10 Å². The van der Waals surface area contributed by atoms with Crippen molar-refractivity contribution in [2.45, 2.75) is 32.3 Å². The molecule has 2 heterocycles. The van der Waals surface area contributed by atoms with Crippen LogP contribution in [0.2, 0.25) is 0 Å². The zero-order valence-corrected chi connectivity index (χ0v) is 9.48. The van der Waals surface area contributed by atoms with E-state index in [2.05, 4.69) is 17.0 Å². The molecule has 1 saturated heterocycles. The lowest BCUT2D eigenvalue weighted by Crippen LogP contribution is -2.36. The summed E-state index contributed by atoms with van der Waals surface area (Å²) in [4.78, 5) is 7.76. The minimum atomic E-state index is 0.143. The van der Waals surface area contributed by atoms with Gasteiger partial charge in [0.15, 0.2) is 0 Å². The Morgan fingerprint density at radius 3 is 2.73 bits per heavy atom. The van der Waals surface area contributed by atoms with Crippen molar-refractivity contribution in [1.29, 1.82) is 0 Å². The van der Waals surface area contributed by atoms with Crippen molar-refractivity contribution in [3.63, 3.8) is 0 Å². The smallest absolute Gasteiger partial charge is 0.145 e. The summed E-state index contributed by atoms with van der Waals surface area (Å²) in [5, 5.41) is 4.18. The van der Waals surface area contributed by atoms with Gasteiger partial charge < -0.3 is 15.5 Å². The van der Waals surface area contributed by atoms with Gasteiger partial charge in [-0.05, 0) is 32.5 Å². The molecule has 0 saturated carbocycles. The van der Waals surface area contributed by atoms with E-state index >= 15 is 0 Å². The maximum atomic E-state index is 5.56. The lowest BCUT2D eigenvalue weighted by Gasteiger charge is -2.30. The number of piperidine rings is 1. The van der Waals surface area contributed by atoms with Crippen LogP contribution in [0.1, 0.15) is 26.2 Å². The summed E-state index contributed by atoms with van der Waals surface area (Å²) >= 11 is 0. The maximum absolute atomic E-state index is 5.56. The number of rotatable bonds is 3. The third kappa shape index (κ3) is 2.49. The molecule has 0 aliphatic carbocycles. The lowest BCUT2D eigenvalue weighted by atomic mass is 9.89. The quantitative estimate of drug-likeness (QED) is 0.752. The Kier molecular flexibility index (Phi) is 3.59. The Morgan fingerprint density at radius 2 is 2.20 bits per heavy atom. The SMILES string of the molecule is CCN1CCC(C2=NOC(CN)C2)CC1. The average molecular weight is 211 g/mol. The van der Waals surface area contributed by atoms with E-state index in [1.54, 1.807) is 0 Å². The summed E-state index contributed by atoms with van der Waals surface area (Å²) in [5.74, 6) is 0.643. The fraction of sp³-hybridized carbons (Fsp3) is 0.909. The Bertz CT molecular complexity index is 234. The second kappa shape index (κ2) is 4.94. The molecule has 0 amide bonds. The second-order valence-electron chi connectivity index (χ2n) is 4.46. The Labute approximate surface area is 91.4 Å². The zero-order valence-electron chi connectivity index (χ0n) is 9.48. The van der Waals surface area contributed by atoms with Crippen LogP contribution in [0.3, 0.4) is 0 Å².